The van der Waals surface area contributed by atoms with Gasteiger partial charge in [0.05, 0.1) is 23.3 Å². The topological polar surface area (TPSA) is 92.8 Å². The molecule has 1 aliphatic rings. The third-order valence-corrected chi connectivity index (χ3v) is 6.83. The second-order valence-corrected chi connectivity index (χ2v) is 8.45. The zero-order valence-corrected chi connectivity index (χ0v) is 16.6. The zero-order valence-electron chi connectivity index (χ0n) is 15.7. The first-order valence-electron chi connectivity index (χ1n) is 8.90. The minimum absolute atomic E-state index is 0.193. The van der Waals surface area contributed by atoms with Crippen molar-refractivity contribution in [3.63, 3.8) is 0 Å². The van der Waals surface area contributed by atoms with Crippen LogP contribution in [0, 0.1) is 0 Å². The van der Waals surface area contributed by atoms with Crippen molar-refractivity contribution in [2.75, 3.05) is 16.7 Å². The van der Waals surface area contributed by atoms with Crippen molar-refractivity contribution in [2.24, 2.45) is 0 Å². The van der Waals surface area contributed by atoms with E-state index in [1.54, 1.807) is 42.5 Å². The quantitative estimate of drug-likeness (QED) is 0.667. The maximum Gasteiger partial charge on any atom is 0.337 e. The van der Waals surface area contributed by atoms with E-state index in [1.807, 2.05) is 12.1 Å². The molecule has 1 atom stereocenters. The third-order valence-electron chi connectivity index (χ3n) is 4.90. The average Bonchev–Trinajstić information content (AvgIpc) is 2.95. The molecule has 0 spiro atoms. The van der Waals surface area contributed by atoms with Gasteiger partial charge in [-0.15, -0.1) is 0 Å². The number of carbonyl (C=O) groups excluding carboxylic acids is 2. The van der Waals surface area contributed by atoms with Crippen LogP contribution in [0.3, 0.4) is 0 Å². The summed E-state index contributed by atoms with van der Waals surface area (Å²) in [6.45, 7) is 1.53. The van der Waals surface area contributed by atoms with Crippen molar-refractivity contribution >= 4 is 44.0 Å². The van der Waals surface area contributed by atoms with E-state index in [1.165, 1.54) is 20.1 Å². The van der Waals surface area contributed by atoms with Crippen LogP contribution in [0.4, 0.5) is 11.4 Å². The molecular formula is C21H18N2O5S. The number of carbonyl (C=O) groups is 2. The number of nitrogens with one attached hydrogen (secondary N) is 1. The number of sulfonamides is 1. The number of benzene rings is 3. The van der Waals surface area contributed by atoms with Crippen LogP contribution in [0.2, 0.25) is 0 Å². The van der Waals surface area contributed by atoms with Crippen molar-refractivity contribution in [3.05, 3.63) is 66.2 Å². The fourth-order valence-corrected chi connectivity index (χ4v) is 5.40. The van der Waals surface area contributed by atoms with E-state index in [0.717, 1.165) is 9.69 Å². The van der Waals surface area contributed by atoms with Gasteiger partial charge in [-0.25, -0.2) is 13.2 Å². The summed E-state index contributed by atoms with van der Waals surface area (Å²) < 4.78 is 32.1. The molecule has 0 aliphatic carbocycles. The molecule has 0 unspecified atom stereocenters. The van der Waals surface area contributed by atoms with Crippen molar-refractivity contribution in [1.29, 1.82) is 0 Å². The summed E-state index contributed by atoms with van der Waals surface area (Å²) in [6, 6.07) is 15.6. The van der Waals surface area contributed by atoms with Crippen LogP contribution < -0.4 is 9.62 Å². The second-order valence-electron chi connectivity index (χ2n) is 6.67. The van der Waals surface area contributed by atoms with Crippen LogP contribution in [-0.2, 0) is 19.6 Å². The highest BCUT2D eigenvalue weighted by molar-refractivity contribution is 7.93. The molecule has 0 fully saturated rings. The Hall–Kier alpha value is -3.39. The van der Waals surface area contributed by atoms with Crippen LogP contribution in [0.25, 0.3) is 10.8 Å². The zero-order chi connectivity index (χ0) is 20.8. The van der Waals surface area contributed by atoms with Crippen LogP contribution in [0.15, 0.2) is 65.6 Å². The number of hydrogen-bond acceptors (Lipinski definition) is 5. The number of nitrogens with zero attached hydrogens (tertiary/aromatic N) is 1. The first-order chi connectivity index (χ1) is 13.8. The van der Waals surface area contributed by atoms with E-state index in [9.17, 15) is 18.0 Å². The average molecular weight is 410 g/mol. The number of hydrogen-bond donors (Lipinski definition) is 1. The Bertz CT molecular complexity index is 1250. The summed E-state index contributed by atoms with van der Waals surface area (Å²) in [5.74, 6) is -1.04. The molecule has 1 aliphatic heterocycles. The molecule has 148 valence electrons. The van der Waals surface area contributed by atoms with Gasteiger partial charge in [0.15, 0.2) is 0 Å². The van der Waals surface area contributed by atoms with Crippen molar-refractivity contribution in [3.8, 4) is 0 Å². The Morgan fingerprint density at radius 2 is 1.72 bits per heavy atom. The van der Waals surface area contributed by atoms with Gasteiger partial charge in [0, 0.05) is 11.1 Å². The van der Waals surface area contributed by atoms with E-state index < -0.39 is 27.9 Å². The minimum Gasteiger partial charge on any atom is -0.465 e. The lowest BCUT2D eigenvalue weighted by Crippen LogP contribution is -2.44. The van der Waals surface area contributed by atoms with Gasteiger partial charge in [0.25, 0.3) is 10.0 Å². The largest absolute Gasteiger partial charge is 0.465 e. The molecule has 0 aromatic heterocycles. The van der Waals surface area contributed by atoms with Gasteiger partial charge in [-0.1, -0.05) is 30.3 Å². The lowest BCUT2D eigenvalue weighted by molar-refractivity contribution is -0.116. The van der Waals surface area contributed by atoms with E-state index in [2.05, 4.69) is 10.1 Å². The van der Waals surface area contributed by atoms with Gasteiger partial charge in [-0.2, -0.15) is 0 Å². The number of methoxy groups -OCH3 is 1. The fraction of sp³-hybridized carbons (Fsp3) is 0.143. The Kier molecular flexibility index (Phi) is 4.50. The Labute approximate surface area is 167 Å². The lowest BCUT2D eigenvalue weighted by Gasteiger charge is -2.25. The van der Waals surface area contributed by atoms with Crippen LogP contribution >= 0.6 is 0 Å². The molecule has 1 amide bonds. The first-order valence-corrected chi connectivity index (χ1v) is 10.3. The van der Waals surface area contributed by atoms with E-state index in [4.69, 9.17) is 0 Å². The van der Waals surface area contributed by atoms with E-state index >= 15 is 0 Å². The number of anilines is 2. The van der Waals surface area contributed by atoms with Crippen LogP contribution in [-0.4, -0.2) is 33.4 Å². The Balaban J connectivity index is 1.67. The molecule has 1 heterocycles. The number of esters is 1. The highest BCUT2D eigenvalue weighted by Gasteiger charge is 2.40. The molecule has 8 heteroatoms. The van der Waals surface area contributed by atoms with Crippen LogP contribution in [0.1, 0.15) is 17.3 Å². The molecule has 3 aromatic rings. The molecule has 0 radical (unpaired) electrons. The molecule has 29 heavy (non-hydrogen) atoms. The van der Waals surface area contributed by atoms with Crippen molar-refractivity contribution in [1.82, 2.24) is 0 Å². The molecular weight excluding hydrogens is 392 g/mol. The molecule has 0 saturated heterocycles. The summed E-state index contributed by atoms with van der Waals surface area (Å²) in [5, 5.41) is 4.09. The summed E-state index contributed by atoms with van der Waals surface area (Å²) in [7, 11) is -2.59. The first kappa shape index (κ1) is 18.9. The predicted octanol–water partition coefficient (Wildman–Crippen LogP) is 3.16. The van der Waals surface area contributed by atoms with Crippen molar-refractivity contribution in [2.45, 2.75) is 17.9 Å². The standard InChI is InChI=1S/C21H18N2O5S/c1-13(20(24)22-16-9-3-8-15(12-16)21(25)28-2)23-17-10-4-6-14-7-5-11-18(19(14)17)29(23,26)27/h3-13H,1-2H3,(H,22,24)/t13-/m1/s1. The fourth-order valence-electron chi connectivity index (χ4n) is 3.53. The maximum absolute atomic E-state index is 13.1. The Morgan fingerprint density at radius 3 is 2.45 bits per heavy atom. The highest BCUT2D eigenvalue weighted by Crippen LogP contribution is 2.43. The maximum atomic E-state index is 13.1. The molecule has 4 rings (SSSR count). The lowest BCUT2D eigenvalue weighted by atomic mass is 10.1. The predicted molar refractivity (Wildman–Crippen MR) is 109 cm³/mol. The SMILES string of the molecule is COC(=O)c1cccc(NC(=O)[C@@H](C)N2c3cccc4cccc(c34)S2(=O)=O)c1. The second kappa shape index (κ2) is 6.89. The third kappa shape index (κ3) is 3.01. The van der Waals surface area contributed by atoms with Gasteiger partial charge in [-0.05, 0) is 42.6 Å². The number of rotatable bonds is 4. The van der Waals surface area contributed by atoms with Gasteiger partial charge in [-0.3, -0.25) is 9.10 Å². The summed E-state index contributed by atoms with van der Waals surface area (Å²) >= 11 is 0. The molecule has 7 nitrogen and oxygen atoms in total. The van der Waals surface area contributed by atoms with Crippen LogP contribution in [0.5, 0.6) is 0 Å². The molecule has 0 saturated carbocycles. The molecule has 1 N–H and O–H groups in total. The highest BCUT2D eigenvalue weighted by atomic mass is 32.2. The van der Waals surface area contributed by atoms with E-state index in [0.29, 0.717) is 16.8 Å². The summed E-state index contributed by atoms with van der Waals surface area (Å²) in [6.07, 6.45) is 0. The number of amides is 1. The van der Waals surface area contributed by atoms with Gasteiger partial charge >= 0.3 is 5.97 Å². The smallest absolute Gasteiger partial charge is 0.337 e. The number of ether oxygens (including phenoxy) is 1. The van der Waals surface area contributed by atoms with Gasteiger partial charge < -0.3 is 10.1 Å². The van der Waals surface area contributed by atoms with Gasteiger partial charge in [0.2, 0.25) is 5.91 Å². The van der Waals surface area contributed by atoms with E-state index in [-0.39, 0.29) is 10.5 Å². The normalized spacial score (nSPS) is 15.2. The minimum atomic E-state index is -3.86. The summed E-state index contributed by atoms with van der Waals surface area (Å²) in [5.41, 5.74) is 1.13. The Morgan fingerprint density at radius 1 is 1.03 bits per heavy atom. The van der Waals surface area contributed by atoms with Crippen molar-refractivity contribution < 1.29 is 22.7 Å². The summed E-state index contributed by atoms with van der Waals surface area (Å²) in [4.78, 5) is 24.8. The van der Waals surface area contributed by atoms with Gasteiger partial charge in [0.1, 0.15) is 6.04 Å². The molecule has 0 bridgehead atoms. The molecule has 3 aromatic carbocycles. The monoisotopic (exact) mass is 410 g/mol.